The fraction of sp³-hybridized carbons (Fsp3) is 0.833. The molecule has 1 heterocycles. The Morgan fingerprint density at radius 2 is 1.72 bits per heavy atom. The van der Waals surface area contributed by atoms with Crippen LogP contribution >= 0.6 is 0 Å². The molecule has 2 unspecified atom stereocenters. The molecule has 4 fully saturated rings. The lowest BCUT2D eigenvalue weighted by Gasteiger charge is -2.63. The number of ketones is 1. The van der Waals surface area contributed by atoms with Gasteiger partial charge in [-0.05, 0) is 92.3 Å². The quantitative estimate of drug-likeness (QED) is 0.337. The second-order valence-corrected chi connectivity index (χ2v) is 14.0. The lowest BCUT2D eigenvalue weighted by atomic mass is 9.41. The van der Waals surface area contributed by atoms with Crippen molar-refractivity contribution in [3.05, 3.63) is 23.8 Å². The molecule has 0 radical (unpaired) electrons. The molecule has 5 rings (SSSR count). The van der Waals surface area contributed by atoms with Gasteiger partial charge in [0.2, 0.25) is 0 Å². The predicted molar refractivity (Wildman–Crippen MR) is 131 cm³/mol. The number of allylic oxidation sites excluding steroid dienone is 3. The first kappa shape index (κ1) is 22.9. The second kappa shape index (κ2) is 6.83. The number of carbonyl (C=O) groups is 1. The summed E-state index contributed by atoms with van der Waals surface area (Å²) in [6, 6.07) is 0. The van der Waals surface area contributed by atoms with Gasteiger partial charge in [-0.15, -0.1) is 0 Å². The average Bonchev–Trinajstić information content (AvgIpc) is 3.22. The van der Waals surface area contributed by atoms with Crippen molar-refractivity contribution in [2.24, 2.45) is 45.3 Å². The van der Waals surface area contributed by atoms with Gasteiger partial charge in [0, 0.05) is 11.8 Å². The van der Waals surface area contributed by atoms with Crippen molar-refractivity contribution < 1.29 is 9.53 Å². The lowest BCUT2D eigenvalue weighted by Crippen LogP contribution is -2.57. The Morgan fingerprint density at radius 3 is 2.38 bits per heavy atom. The minimum absolute atomic E-state index is 0.0381. The molecular weight excluding hydrogens is 392 g/mol. The van der Waals surface area contributed by atoms with E-state index < -0.39 is 0 Å². The Hall–Kier alpha value is -0.890. The summed E-state index contributed by atoms with van der Waals surface area (Å²) in [5, 5.41) is 0. The van der Waals surface area contributed by atoms with Gasteiger partial charge in [0.05, 0.1) is 5.60 Å². The summed E-state index contributed by atoms with van der Waals surface area (Å²) in [4.78, 5) is 12.8. The standard InChI is InChI=1S/C30H46O2/c1-19(9-12-25-27(4,5)32-25)20-13-17-30(8)22-10-11-23-26(2,3)24(31)15-16-28(23,6)21(22)14-18-29(20,30)7/h9-10,12,19-21,23,25H,11,13-18H2,1-8H3/b12-9+/t19?,20-,21?,23-,25-,28+,29-,30+/m0/s1. The summed E-state index contributed by atoms with van der Waals surface area (Å²) in [6.07, 6.45) is 16.0. The van der Waals surface area contributed by atoms with Gasteiger partial charge in [0.25, 0.3) is 0 Å². The van der Waals surface area contributed by atoms with Gasteiger partial charge >= 0.3 is 0 Å². The molecule has 0 aromatic heterocycles. The third-order valence-corrected chi connectivity index (χ3v) is 11.9. The average molecular weight is 439 g/mol. The van der Waals surface area contributed by atoms with E-state index >= 15 is 0 Å². The van der Waals surface area contributed by atoms with Crippen LogP contribution in [0.15, 0.2) is 23.8 Å². The highest BCUT2D eigenvalue weighted by molar-refractivity contribution is 5.85. The molecule has 0 bridgehead atoms. The third-order valence-electron chi connectivity index (χ3n) is 11.9. The zero-order chi connectivity index (χ0) is 23.3. The Labute approximate surface area is 196 Å². The highest BCUT2D eigenvalue weighted by Crippen LogP contribution is 2.73. The molecule has 32 heavy (non-hydrogen) atoms. The highest BCUT2D eigenvalue weighted by atomic mass is 16.6. The van der Waals surface area contributed by atoms with Crippen LogP contribution in [0.3, 0.4) is 0 Å². The van der Waals surface area contributed by atoms with Gasteiger partial charge in [-0.2, -0.15) is 0 Å². The summed E-state index contributed by atoms with van der Waals surface area (Å²) in [6.45, 7) is 19.1. The zero-order valence-corrected chi connectivity index (χ0v) is 21.9. The molecule has 0 spiro atoms. The van der Waals surface area contributed by atoms with Crippen LogP contribution in [0.25, 0.3) is 0 Å². The van der Waals surface area contributed by atoms with Crippen molar-refractivity contribution in [3.63, 3.8) is 0 Å². The van der Waals surface area contributed by atoms with Crippen molar-refractivity contribution in [3.8, 4) is 0 Å². The number of epoxide rings is 1. The molecule has 0 N–H and O–H groups in total. The summed E-state index contributed by atoms with van der Waals surface area (Å²) in [5.74, 6) is 2.99. The van der Waals surface area contributed by atoms with Gasteiger partial charge in [0.15, 0.2) is 0 Å². The maximum Gasteiger partial charge on any atom is 0.138 e. The number of Topliss-reactive ketones (excluding diaryl/α,β-unsaturated/α-hetero) is 1. The minimum atomic E-state index is -0.174. The van der Waals surface area contributed by atoms with E-state index in [-0.39, 0.29) is 16.4 Å². The van der Waals surface area contributed by atoms with E-state index in [4.69, 9.17) is 4.74 Å². The SMILES string of the molecule is CC(/C=C/[C@@H]1OC1(C)C)[C@@H]1CC[C@]2(C)C3=CC[C@H]4C(C)(C)C(=O)CC[C@]4(C)C3CC[C@@]12C. The molecule has 0 aromatic rings. The normalized spacial score (nSPS) is 49.8. The van der Waals surface area contributed by atoms with Crippen LogP contribution in [0.5, 0.6) is 0 Å². The van der Waals surface area contributed by atoms with E-state index in [1.54, 1.807) is 5.57 Å². The summed E-state index contributed by atoms with van der Waals surface area (Å²) >= 11 is 0. The van der Waals surface area contributed by atoms with Crippen molar-refractivity contribution in [1.29, 1.82) is 0 Å². The third kappa shape index (κ3) is 2.90. The fourth-order valence-corrected chi connectivity index (χ4v) is 9.37. The fourth-order valence-electron chi connectivity index (χ4n) is 9.37. The van der Waals surface area contributed by atoms with E-state index in [0.29, 0.717) is 40.5 Å². The molecule has 1 saturated heterocycles. The largest absolute Gasteiger partial charge is 0.362 e. The van der Waals surface area contributed by atoms with Crippen molar-refractivity contribution in [1.82, 2.24) is 0 Å². The van der Waals surface area contributed by atoms with Gasteiger partial charge in [-0.25, -0.2) is 0 Å². The number of rotatable bonds is 3. The molecule has 0 aromatic carbocycles. The molecule has 2 heteroatoms. The van der Waals surface area contributed by atoms with Gasteiger partial charge in [-0.1, -0.05) is 65.3 Å². The summed E-state index contributed by atoms with van der Waals surface area (Å²) in [5.41, 5.74) is 2.59. The van der Waals surface area contributed by atoms with Crippen LogP contribution in [-0.4, -0.2) is 17.5 Å². The molecule has 5 aliphatic rings. The molecule has 2 nitrogen and oxygen atoms in total. The van der Waals surface area contributed by atoms with E-state index in [2.05, 4.69) is 73.6 Å². The van der Waals surface area contributed by atoms with Crippen molar-refractivity contribution in [2.75, 3.05) is 0 Å². The first-order valence-corrected chi connectivity index (χ1v) is 13.4. The van der Waals surface area contributed by atoms with Crippen LogP contribution < -0.4 is 0 Å². The number of fused-ring (bicyclic) bond motifs is 5. The molecular formula is C30H46O2. The first-order chi connectivity index (χ1) is 14.8. The molecule has 0 amide bonds. The van der Waals surface area contributed by atoms with Gasteiger partial charge in [0.1, 0.15) is 11.9 Å². The van der Waals surface area contributed by atoms with Crippen LogP contribution in [-0.2, 0) is 9.53 Å². The molecule has 1 aliphatic heterocycles. The maximum atomic E-state index is 12.8. The highest BCUT2D eigenvalue weighted by Gasteiger charge is 2.65. The number of hydrogen-bond acceptors (Lipinski definition) is 2. The zero-order valence-electron chi connectivity index (χ0n) is 21.9. The van der Waals surface area contributed by atoms with Crippen molar-refractivity contribution in [2.45, 2.75) is 112 Å². The number of ether oxygens (including phenoxy) is 1. The lowest BCUT2D eigenvalue weighted by molar-refractivity contribution is -0.145. The second-order valence-electron chi connectivity index (χ2n) is 14.0. The summed E-state index contributed by atoms with van der Waals surface area (Å²) < 4.78 is 5.81. The maximum absolute atomic E-state index is 12.8. The smallest absolute Gasteiger partial charge is 0.138 e. The molecule has 8 atom stereocenters. The van der Waals surface area contributed by atoms with Crippen LogP contribution in [0, 0.1) is 45.3 Å². The van der Waals surface area contributed by atoms with Crippen molar-refractivity contribution >= 4 is 5.78 Å². The molecule has 3 saturated carbocycles. The van der Waals surface area contributed by atoms with Crippen LogP contribution in [0.2, 0.25) is 0 Å². The Balaban J connectivity index is 1.44. The summed E-state index contributed by atoms with van der Waals surface area (Å²) in [7, 11) is 0. The van der Waals surface area contributed by atoms with Crippen LogP contribution in [0.1, 0.15) is 100 Å². The molecule has 178 valence electrons. The topological polar surface area (TPSA) is 29.6 Å². The number of hydrogen-bond donors (Lipinski definition) is 0. The van der Waals surface area contributed by atoms with E-state index in [1.807, 2.05) is 0 Å². The Kier molecular flexibility index (Phi) is 4.89. The van der Waals surface area contributed by atoms with E-state index in [9.17, 15) is 4.79 Å². The first-order valence-electron chi connectivity index (χ1n) is 13.4. The Bertz CT molecular complexity index is 877. The Morgan fingerprint density at radius 1 is 1.03 bits per heavy atom. The molecule has 4 aliphatic carbocycles. The monoisotopic (exact) mass is 438 g/mol. The van der Waals surface area contributed by atoms with Crippen LogP contribution in [0.4, 0.5) is 0 Å². The minimum Gasteiger partial charge on any atom is -0.362 e. The van der Waals surface area contributed by atoms with E-state index in [1.165, 1.54) is 25.7 Å². The van der Waals surface area contributed by atoms with Gasteiger partial charge in [-0.3, -0.25) is 4.79 Å². The number of carbonyl (C=O) groups excluding carboxylic acids is 1. The van der Waals surface area contributed by atoms with Gasteiger partial charge < -0.3 is 4.74 Å². The predicted octanol–water partition coefficient (Wildman–Crippen LogP) is 7.53. The van der Waals surface area contributed by atoms with E-state index in [0.717, 1.165) is 25.2 Å².